The lowest BCUT2D eigenvalue weighted by atomic mass is 10.1. The molecule has 0 unspecified atom stereocenters. The Bertz CT molecular complexity index is 349. The SMILES string of the molecule is CCCCCCCC(=O)OCCOCCOCCOCCOCC(=O)OC. The molecule has 0 aliphatic rings. The number of methoxy groups -OCH3 is 1. The van der Waals surface area contributed by atoms with E-state index in [9.17, 15) is 9.59 Å². The first-order valence-corrected chi connectivity index (χ1v) is 9.74. The van der Waals surface area contributed by atoms with Gasteiger partial charge in [0.15, 0.2) is 0 Å². The van der Waals surface area contributed by atoms with E-state index in [1.165, 1.54) is 26.4 Å². The minimum absolute atomic E-state index is 0.0675. The molecular weight excluding hydrogens is 356 g/mol. The van der Waals surface area contributed by atoms with E-state index in [0.717, 1.165) is 12.8 Å². The maximum absolute atomic E-state index is 11.5. The van der Waals surface area contributed by atoms with Crippen LogP contribution in [0.2, 0.25) is 0 Å². The molecule has 0 fully saturated rings. The molecule has 8 heteroatoms. The van der Waals surface area contributed by atoms with Crippen molar-refractivity contribution in [2.75, 3.05) is 66.6 Å². The normalized spacial score (nSPS) is 10.7. The lowest BCUT2D eigenvalue weighted by Crippen LogP contribution is -2.16. The summed E-state index contributed by atoms with van der Waals surface area (Å²) in [6.45, 7) is 5.26. The standard InChI is InChI=1S/C19H36O8/c1-3-4-5-6-7-8-18(20)27-16-15-25-12-11-23-9-10-24-13-14-26-17-19(21)22-2/h3-17H2,1-2H3. The number of hydrogen-bond donors (Lipinski definition) is 0. The lowest BCUT2D eigenvalue weighted by molar-refractivity contribution is -0.147. The van der Waals surface area contributed by atoms with E-state index in [-0.39, 0.29) is 19.2 Å². The summed E-state index contributed by atoms with van der Waals surface area (Å²) in [6.07, 6.45) is 6.07. The smallest absolute Gasteiger partial charge is 0.331 e. The largest absolute Gasteiger partial charge is 0.467 e. The lowest BCUT2D eigenvalue weighted by Gasteiger charge is -2.08. The van der Waals surface area contributed by atoms with E-state index >= 15 is 0 Å². The summed E-state index contributed by atoms with van der Waals surface area (Å²) in [7, 11) is 1.31. The molecule has 0 aliphatic heterocycles. The summed E-state index contributed by atoms with van der Waals surface area (Å²) in [6, 6.07) is 0. The summed E-state index contributed by atoms with van der Waals surface area (Å²) in [4.78, 5) is 22.3. The summed E-state index contributed by atoms with van der Waals surface area (Å²) >= 11 is 0. The van der Waals surface area contributed by atoms with Crippen molar-refractivity contribution in [1.82, 2.24) is 0 Å². The van der Waals surface area contributed by atoms with E-state index in [1.807, 2.05) is 0 Å². The van der Waals surface area contributed by atoms with E-state index < -0.39 is 5.97 Å². The fraction of sp³-hybridized carbons (Fsp3) is 0.895. The summed E-state index contributed by atoms with van der Waals surface area (Å²) < 4.78 is 30.5. The van der Waals surface area contributed by atoms with Crippen molar-refractivity contribution in [2.45, 2.75) is 45.4 Å². The average molecular weight is 392 g/mol. The van der Waals surface area contributed by atoms with Crippen molar-refractivity contribution in [3.8, 4) is 0 Å². The van der Waals surface area contributed by atoms with Gasteiger partial charge in [0.05, 0.1) is 53.4 Å². The number of hydrogen-bond acceptors (Lipinski definition) is 8. The highest BCUT2D eigenvalue weighted by Gasteiger charge is 2.02. The third-order valence-corrected chi connectivity index (χ3v) is 3.54. The van der Waals surface area contributed by atoms with E-state index in [1.54, 1.807) is 0 Å². The van der Waals surface area contributed by atoms with Gasteiger partial charge in [-0.2, -0.15) is 0 Å². The number of unbranched alkanes of at least 4 members (excludes halogenated alkanes) is 4. The van der Waals surface area contributed by atoms with Crippen LogP contribution in [0.1, 0.15) is 45.4 Å². The van der Waals surface area contributed by atoms with Crippen molar-refractivity contribution in [3.05, 3.63) is 0 Å². The predicted molar refractivity (Wildman–Crippen MR) is 99.6 cm³/mol. The Morgan fingerprint density at radius 1 is 0.630 bits per heavy atom. The fourth-order valence-electron chi connectivity index (χ4n) is 2.03. The summed E-state index contributed by atoms with van der Waals surface area (Å²) in [5.41, 5.74) is 0. The van der Waals surface area contributed by atoms with Crippen LogP contribution >= 0.6 is 0 Å². The topological polar surface area (TPSA) is 89.5 Å². The van der Waals surface area contributed by atoms with Crippen LogP contribution in [0.3, 0.4) is 0 Å². The minimum atomic E-state index is -0.407. The monoisotopic (exact) mass is 392 g/mol. The van der Waals surface area contributed by atoms with Gasteiger partial charge in [-0.1, -0.05) is 32.6 Å². The van der Waals surface area contributed by atoms with Gasteiger partial charge in [-0.05, 0) is 6.42 Å². The van der Waals surface area contributed by atoms with Gasteiger partial charge in [0.1, 0.15) is 13.2 Å². The molecular formula is C19H36O8. The Balaban J connectivity index is 3.14. The van der Waals surface area contributed by atoms with Gasteiger partial charge >= 0.3 is 11.9 Å². The van der Waals surface area contributed by atoms with Crippen LogP contribution in [0.15, 0.2) is 0 Å². The molecule has 0 saturated carbocycles. The molecule has 0 bridgehead atoms. The molecule has 0 saturated heterocycles. The molecule has 0 heterocycles. The Hall–Kier alpha value is -1.22. The summed E-state index contributed by atoms with van der Waals surface area (Å²) in [5, 5.41) is 0. The van der Waals surface area contributed by atoms with Gasteiger partial charge < -0.3 is 28.4 Å². The molecule has 0 aromatic rings. The van der Waals surface area contributed by atoms with Gasteiger partial charge in [0.25, 0.3) is 0 Å². The average Bonchev–Trinajstić information content (AvgIpc) is 2.67. The van der Waals surface area contributed by atoms with E-state index in [4.69, 9.17) is 23.7 Å². The highest BCUT2D eigenvalue weighted by Crippen LogP contribution is 2.05. The zero-order valence-electron chi connectivity index (χ0n) is 16.9. The van der Waals surface area contributed by atoms with E-state index in [2.05, 4.69) is 11.7 Å². The zero-order valence-corrected chi connectivity index (χ0v) is 16.9. The second-order valence-electron chi connectivity index (χ2n) is 5.85. The first-order chi connectivity index (χ1) is 13.2. The predicted octanol–water partition coefficient (Wildman–Crippen LogP) is 2.13. The third-order valence-electron chi connectivity index (χ3n) is 3.54. The van der Waals surface area contributed by atoms with Crippen LogP contribution in [0.25, 0.3) is 0 Å². The van der Waals surface area contributed by atoms with Crippen LogP contribution in [0, 0.1) is 0 Å². The van der Waals surface area contributed by atoms with Gasteiger partial charge in [-0.3, -0.25) is 4.79 Å². The summed E-state index contributed by atoms with van der Waals surface area (Å²) in [5.74, 6) is -0.561. The highest BCUT2D eigenvalue weighted by molar-refractivity contribution is 5.70. The first-order valence-electron chi connectivity index (χ1n) is 9.74. The maximum atomic E-state index is 11.5. The Kier molecular flexibility index (Phi) is 20.1. The second kappa shape index (κ2) is 21.1. The van der Waals surface area contributed by atoms with Crippen LogP contribution < -0.4 is 0 Å². The fourth-order valence-corrected chi connectivity index (χ4v) is 2.03. The molecule has 0 atom stereocenters. The van der Waals surface area contributed by atoms with Gasteiger partial charge in [0, 0.05) is 6.42 Å². The van der Waals surface area contributed by atoms with Crippen molar-refractivity contribution < 1.29 is 38.0 Å². The minimum Gasteiger partial charge on any atom is -0.467 e. The van der Waals surface area contributed by atoms with Crippen LogP contribution in [-0.2, 0) is 38.0 Å². The molecule has 0 amide bonds. The highest BCUT2D eigenvalue weighted by atomic mass is 16.6. The maximum Gasteiger partial charge on any atom is 0.331 e. The number of rotatable bonds is 20. The van der Waals surface area contributed by atoms with Crippen LogP contribution in [-0.4, -0.2) is 78.5 Å². The number of ether oxygens (including phenoxy) is 6. The second-order valence-corrected chi connectivity index (χ2v) is 5.85. The first kappa shape index (κ1) is 25.8. The molecule has 0 radical (unpaired) electrons. The molecule has 27 heavy (non-hydrogen) atoms. The van der Waals surface area contributed by atoms with Crippen molar-refractivity contribution in [2.24, 2.45) is 0 Å². The quantitative estimate of drug-likeness (QED) is 0.230. The van der Waals surface area contributed by atoms with Gasteiger partial charge in [-0.15, -0.1) is 0 Å². The number of carbonyl (C=O) groups is 2. The Labute approximate surface area is 162 Å². The molecule has 0 spiro atoms. The molecule has 0 aliphatic carbocycles. The number of carbonyl (C=O) groups excluding carboxylic acids is 2. The van der Waals surface area contributed by atoms with Crippen molar-refractivity contribution in [1.29, 1.82) is 0 Å². The van der Waals surface area contributed by atoms with Crippen LogP contribution in [0.5, 0.6) is 0 Å². The van der Waals surface area contributed by atoms with Crippen molar-refractivity contribution >= 4 is 11.9 Å². The Morgan fingerprint density at radius 2 is 1.15 bits per heavy atom. The van der Waals surface area contributed by atoms with Gasteiger partial charge in [-0.25, -0.2) is 4.79 Å². The van der Waals surface area contributed by atoms with Crippen molar-refractivity contribution in [3.63, 3.8) is 0 Å². The molecule has 8 nitrogen and oxygen atoms in total. The molecule has 160 valence electrons. The molecule has 0 aromatic heterocycles. The molecule has 0 aromatic carbocycles. The molecule has 0 N–H and O–H groups in total. The van der Waals surface area contributed by atoms with E-state index in [0.29, 0.717) is 52.7 Å². The third kappa shape index (κ3) is 20.9. The number of esters is 2. The molecule has 0 rings (SSSR count). The zero-order chi connectivity index (χ0) is 20.0. The Morgan fingerprint density at radius 3 is 1.70 bits per heavy atom. The van der Waals surface area contributed by atoms with Crippen LogP contribution in [0.4, 0.5) is 0 Å². The van der Waals surface area contributed by atoms with Gasteiger partial charge in [0.2, 0.25) is 0 Å².